The van der Waals surface area contributed by atoms with Gasteiger partial charge in [0.25, 0.3) is 0 Å². The monoisotopic (exact) mass is 282 g/mol. The molecule has 0 atom stereocenters. The second-order valence-electron chi connectivity index (χ2n) is 4.61. The number of hydrogen-bond acceptors (Lipinski definition) is 3. The van der Waals surface area contributed by atoms with Crippen LogP contribution < -0.4 is 10.6 Å². The van der Waals surface area contributed by atoms with Crippen molar-refractivity contribution in [3.05, 3.63) is 28.8 Å². The van der Waals surface area contributed by atoms with Crippen LogP contribution in [0.3, 0.4) is 0 Å². The Kier molecular flexibility index (Phi) is 3.66. The van der Waals surface area contributed by atoms with E-state index in [1.807, 2.05) is 13.0 Å². The van der Waals surface area contributed by atoms with Crippen molar-refractivity contribution in [2.45, 2.75) is 25.3 Å². The van der Waals surface area contributed by atoms with Crippen LogP contribution in [0.2, 0.25) is 5.02 Å². The van der Waals surface area contributed by atoms with E-state index < -0.39 is 17.5 Å². The van der Waals surface area contributed by atoms with Gasteiger partial charge in [0.1, 0.15) is 5.54 Å². The molecule has 0 aliphatic heterocycles. The highest BCUT2D eigenvalue weighted by molar-refractivity contribution is 6.31. The molecule has 0 heterocycles. The van der Waals surface area contributed by atoms with Crippen molar-refractivity contribution >= 4 is 29.3 Å². The number of urea groups is 1. The Hall–Kier alpha value is -1.75. The minimum absolute atomic E-state index is 0.412. The van der Waals surface area contributed by atoms with Crippen molar-refractivity contribution in [1.82, 2.24) is 5.32 Å². The molecular formula is C13H15ClN2O3. The molecular weight excluding hydrogens is 268 g/mol. The Morgan fingerprint density at radius 3 is 2.63 bits per heavy atom. The van der Waals surface area contributed by atoms with Crippen LogP contribution in [0.1, 0.15) is 18.4 Å². The lowest BCUT2D eigenvalue weighted by atomic mass is 10.2. The number of ether oxygens (including phenoxy) is 1. The number of carbonyl (C=O) groups is 2. The third kappa shape index (κ3) is 2.98. The predicted octanol–water partition coefficient (Wildman–Crippen LogP) is 2.48. The van der Waals surface area contributed by atoms with Gasteiger partial charge in [-0.05, 0) is 37.5 Å². The largest absolute Gasteiger partial charge is 0.467 e. The van der Waals surface area contributed by atoms with Gasteiger partial charge >= 0.3 is 12.0 Å². The molecule has 0 spiro atoms. The van der Waals surface area contributed by atoms with E-state index >= 15 is 0 Å². The maximum Gasteiger partial charge on any atom is 0.331 e. The average Bonchev–Trinajstić information content (AvgIpc) is 3.13. The number of nitrogens with one attached hydrogen (secondary N) is 2. The Morgan fingerprint density at radius 1 is 1.37 bits per heavy atom. The molecule has 0 aromatic heterocycles. The van der Waals surface area contributed by atoms with Crippen molar-refractivity contribution in [3.63, 3.8) is 0 Å². The van der Waals surface area contributed by atoms with E-state index in [4.69, 9.17) is 11.6 Å². The van der Waals surface area contributed by atoms with Gasteiger partial charge in [-0.15, -0.1) is 0 Å². The number of halogens is 1. The summed E-state index contributed by atoms with van der Waals surface area (Å²) in [6, 6.07) is 4.78. The molecule has 19 heavy (non-hydrogen) atoms. The average molecular weight is 283 g/mol. The SMILES string of the molecule is COC(=O)C1(NC(=O)Nc2cc(Cl)ccc2C)CC1. The minimum Gasteiger partial charge on any atom is -0.467 e. The number of hydrogen-bond donors (Lipinski definition) is 2. The van der Waals surface area contributed by atoms with E-state index in [1.54, 1.807) is 12.1 Å². The zero-order valence-electron chi connectivity index (χ0n) is 10.7. The molecule has 0 saturated heterocycles. The Balaban J connectivity index is 2.02. The van der Waals surface area contributed by atoms with Gasteiger partial charge in [0.2, 0.25) is 0 Å². The molecule has 6 heteroatoms. The fourth-order valence-corrected chi connectivity index (χ4v) is 1.97. The van der Waals surface area contributed by atoms with Crippen LogP contribution in [-0.4, -0.2) is 24.6 Å². The first-order valence-corrected chi connectivity index (χ1v) is 6.28. The van der Waals surface area contributed by atoms with Crippen LogP contribution >= 0.6 is 11.6 Å². The van der Waals surface area contributed by atoms with Gasteiger partial charge in [0.15, 0.2) is 0 Å². The van der Waals surface area contributed by atoms with Crippen LogP contribution in [-0.2, 0) is 9.53 Å². The highest BCUT2D eigenvalue weighted by atomic mass is 35.5. The van der Waals surface area contributed by atoms with Crippen LogP contribution in [0.4, 0.5) is 10.5 Å². The van der Waals surface area contributed by atoms with Crippen LogP contribution in [0.5, 0.6) is 0 Å². The molecule has 2 rings (SSSR count). The molecule has 1 aliphatic rings. The number of amides is 2. The van der Waals surface area contributed by atoms with Gasteiger partial charge in [0, 0.05) is 10.7 Å². The van der Waals surface area contributed by atoms with Gasteiger partial charge in [-0.25, -0.2) is 9.59 Å². The zero-order chi connectivity index (χ0) is 14.0. The molecule has 1 aromatic rings. The van der Waals surface area contributed by atoms with Gasteiger partial charge in [-0.1, -0.05) is 17.7 Å². The van der Waals surface area contributed by atoms with Gasteiger partial charge in [-0.2, -0.15) is 0 Å². The van der Waals surface area contributed by atoms with Crippen LogP contribution in [0.25, 0.3) is 0 Å². The maximum atomic E-state index is 11.9. The first-order chi connectivity index (χ1) is 8.97. The standard InChI is InChI=1S/C13H15ClN2O3/c1-8-3-4-9(14)7-10(8)15-12(18)16-13(5-6-13)11(17)19-2/h3-4,7H,5-6H2,1-2H3,(H2,15,16,18). The summed E-state index contributed by atoms with van der Waals surface area (Å²) in [6.07, 6.45) is 1.20. The second kappa shape index (κ2) is 5.09. The third-order valence-electron chi connectivity index (χ3n) is 3.13. The van der Waals surface area contributed by atoms with Gasteiger partial charge < -0.3 is 15.4 Å². The van der Waals surface area contributed by atoms with Gasteiger partial charge in [0.05, 0.1) is 7.11 Å². The van der Waals surface area contributed by atoms with Crippen LogP contribution in [0, 0.1) is 6.92 Å². The zero-order valence-corrected chi connectivity index (χ0v) is 11.5. The fraction of sp³-hybridized carbons (Fsp3) is 0.385. The van der Waals surface area contributed by atoms with E-state index in [2.05, 4.69) is 15.4 Å². The molecule has 2 N–H and O–H groups in total. The summed E-state index contributed by atoms with van der Waals surface area (Å²) in [5, 5.41) is 5.87. The number of methoxy groups -OCH3 is 1. The molecule has 0 bridgehead atoms. The predicted molar refractivity (Wildman–Crippen MR) is 72.3 cm³/mol. The molecule has 0 radical (unpaired) electrons. The Bertz CT molecular complexity index is 527. The Labute approximate surface area is 116 Å². The van der Waals surface area contributed by atoms with E-state index in [1.165, 1.54) is 7.11 Å². The number of carbonyl (C=O) groups excluding carboxylic acids is 2. The maximum absolute atomic E-state index is 11.9. The number of aryl methyl sites for hydroxylation is 1. The minimum atomic E-state index is -0.856. The fourth-order valence-electron chi connectivity index (χ4n) is 1.80. The molecule has 1 aromatic carbocycles. The molecule has 102 valence electrons. The summed E-state index contributed by atoms with van der Waals surface area (Å²) in [5.74, 6) is -0.412. The Morgan fingerprint density at radius 2 is 2.05 bits per heavy atom. The van der Waals surface area contributed by atoms with Crippen molar-refractivity contribution in [2.75, 3.05) is 12.4 Å². The quantitative estimate of drug-likeness (QED) is 0.837. The third-order valence-corrected chi connectivity index (χ3v) is 3.36. The molecule has 1 saturated carbocycles. The van der Waals surface area contributed by atoms with E-state index in [9.17, 15) is 9.59 Å². The first kappa shape index (κ1) is 13.7. The summed E-state index contributed by atoms with van der Waals surface area (Å²) in [4.78, 5) is 23.4. The van der Waals surface area contributed by atoms with Crippen molar-refractivity contribution in [2.24, 2.45) is 0 Å². The van der Waals surface area contributed by atoms with Crippen molar-refractivity contribution in [3.8, 4) is 0 Å². The highest BCUT2D eigenvalue weighted by Gasteiger charge is 2.52. The summed E-state index contributed by atoms with van der Waals surface area (Å²) in [5.41, 5.74) is 0.652. The van der Waals surface area contributed by atoms with E-state index in [-0.39, 0.29) is 0 Å². The molecule has 5 nitrogen and oxygen atoms in total. The lowest BCUT2D eigenvalue weighted by molar-refractivity contribution is -0.144. The van der Waals surface area contributed by atoms with E-state index in [0.29, 0.717) is 23.6 Å². The van der Waals surface area contributed by atoms with Crippen LogP contribution in [0.15, 0.2) is 18.2 Å². The number of esters is 1. The van der Waals surface area contributed by atoms with E-state index in [0.717, 1.165) is 5.56 Å². The number of rotatable bonds is 3. The lowest BCUT2D eigenvalue weighted by Crippen LogP contribution is -2.45. The summed E-state index contributed by atoms with van der Waals surface area (Å²) >= 11 is 5.87. The molecule has 1 fully saturated rings. The molecule has 2 amide bonds. The molecule has 1 aliphatic carbocycles. The lowest BCUT2D eigenvalue weighted by Gasteiger charge is -2.16. The normalized spacial score (nSPS) is 15.5. The summed E-state index contributed by atoms with van der Waals surface area (Å²) in [6.45, 7) is 1.86. The summed E-state index contributed by atoms with van der Waals surface area (Å²) in [7, 11) is 1.31. The first-order valence-electron chi connectivity index (χ1n) is 5.90. The van der Waals surface area contributed by atoms with Crippen molar-refractivity contribution in [1.29, 1.82) is 0 Å². The van der Waals surface area contributed by atoms with Crippen molar-refractivity contribution < 1.29 is 14.3 Å². The number of anilines is 1. The smallest absolute Gasteiger partial charge is 0.331 e. The topological polar surface area (TPSA) is 67.4 Å². The summed E-state index contributed by atoms with van der Waals surface area (Å²) < 4.78 is 4.67. The molecule has 0 unspecified atom stereocenters. The highest BCUT2D eigenvalue weighted by Crippen LogP contribution is 2.36. The number of benzene rings is 1. The van der Waals surface area contributed by atoms with Gasteiger partial charge in [-0.3, -0.25) is 0 Å². The second-order valence-corrected chi connectivity index (χ2v) is 5.05.